The molecule has 3 aliphatic rings. The normalized spacial score (nSPS) is 19.7. The molecule has 176 valence electrons. The molecule has 1 aromatic heterocycles. The molecule has 5 rings (SSSR count). The summed E-state index contributed by atoms with van der Waals surface area (Å²) in [6, 6.07) is 10.0. The number of aromatic nitrogens is 2. The number of hydrogen-bond donors (Lipinski definition) is 0. The van der Waals surface area contributed by atoms with Gasteiger partial charge in [0.1, 0.15) is 11.6 Å². The molecule has 0 bridgehead atoms. The van der Waals surface area contributed by atoms with Crippen LogP contribution in [0, 0.1) is 0 Å². The molecule has 3 saturated heterocycles. The van der Waals surface area contributed by atoms with Gasteiger partial charge in [-0.05, 0) is 31.2 Å². The Balaban J connectivity index is 1.33. The van der Waals surface area contributed by atoms with Crippen molar-refractivity contribution in [2.24, 2.45) is 0 Å². The highest BCUT2D eigenvalue weighted by molar-refractivity contribution is 5.94. The Kier molecular flexibility index (Phi) is 6.59. The van der Waals surface area contributed by atoms with Gasteiger partial charge in [0.25, 0.3) is 0 Å². The van der Waals surface area contributed by atoms with Crippen molar-refractivity contribution in [3.8, 4) is 0 Å². The van der Waals surface area contributed by atoms with Crippen molar-refractivity contribution in [1.82, 2.24) is 9.97 Å². The lowest BCUT2D eigenvalue weighted by molar-refractivity contribution is 0.101. The maximum atomic E-state index is 11.6. The molecule has 1 aromatic carbocycles. The number of rotatable bonds is 5. The van der Waals surface area contributed by atoms with Crippen LogP contribution >= 0.6 is 0 Å². The number of carbonyl (C=O) groups excluding carboxylic acids is 1. The molecule has 4 heterocycles. The third-order valence-corrected chi connectivity index (χ3v) is 6.56. The van der Waals surface area contributed by atoms with Crippen molar-refractivity contribution in [1.29, 1.82) is 0 Å². The molecular formula is C24H32N6O3. The van der Waals surface area contributed by atoms with Gasteiger partial charge in [-0.3, -0.25) is 4.79 Å². The number of ketones is 1. The molecule has 3 fully saturated rings. The van der Waals surface area contributed by atoms with Gasteiger partial charge in [0.2, 0.25) is 5.95 Å². The molecule has 0 spiro atoms. The minimum absolute atomic E-state index is 0.0970. The Bertz CT molecular complexity index is 913. The standard InChI is InChI=1S/C24H32N6O3/c1-19(31)20-2-4-21(5-3-20)27-6-8-30(9-7-27)24-25-22(28-10-14-32-15-11-28)18-23(26-24)29-12-16-33-17-13-29/h2-5,18H,6-17H2,1H3. The third-order valence-electron chi connectivity index (χ3n) is 6.56. The summed E-state index contributed by atoms with van der Waals surface area (Å²) in [5.41, 5.74) is 1.90. The average molecular weight is 453 g/mol. The van der Waals surface area contributed by atoms with Crippen molar-refractivity contribution in [2.45, 2.75) is 6.92 Å². The Morgan fingerprint density at radius 1 is 0.697 bits per heavy atom. The van der Waals surface area contributed by atoms with E-state index >= 15 is 0 Å². The Hall–Kier alpha value is -2.91. The van der Waals surface area contributed by atoms with E-state index in [0.717, 1.165) is 108 Å². The predicted octanol–water partition coefficient (Wildman–Crippen LogP) is 1.68. The van der Waals surface area contributed by atoms with Crippen LogP contribution in [0.15, 0.2) is 30.3 Å². The van der Waals surface area contributed by atoms with E-state index < -0.39 is 0 Å². The zero-order chi connectivity index (χ0) is 22.6. The van der Waals surface area contributed by atoms with Gasteiger partial charge < -0.3 is 29.1 Å². The van der Waals surface area contributed by atoms with Crippen molar-refractivity contribution in [3.63, 3.8) is 0 Å². The molecular weight excluding hydrogens is 420 g/mol. The average Bonchev–Trinajstić information content (AvgIpc) is 2.89. The van der Waals surface area contributed by atoms with Gasteiger partial charge in [0.15, 0.2) is 5.78 Å². The number of ether oxygens (including phenoxy) is 2. The summed E-state index contributed by atoms with van der Waals surface area (Å²) < 4.78 is 11.1. The number of Topliss-reactive ketones (excluding diaryl/α,β-unsaturated/α-hetero) is 1. The smallest absolute Gasteiger partial charge is 0.229 e. The van der Waals surface area contributed by atoms with E-state index in [0.29, 0.717) is 0 Å². The first-order chi connectivity index (χ1) is 16.2. The molecule has 2 aromatic rings. The van der Waals surface area contributed by atoms with Gasteiger partial charge in [-0.2, -0.15) is 9.97 Å². The summed E-state index contributed by atoms with van der Waals surface area (Å²) in [6.07, 6.45) is 0. The van der Waals surface area contributed by atoms with Gasteiger partial charge >= 0.3 is 0 Å². The van der Waals surface area contributed by atoms with Gasteiger partial charge in [0, 0.05) is 69.7 Å². The summed E-state index contributed by atoms with van der Waals surface area (Å²) in [6.45, 7) is 11.4. The molecule has 9 nitrogen and oxygen atoms in total. The maximum Gasteiger partial charge on any atom is 0.229 e. The fourth-order valence-electron chi connectivity index (χ4n) is 4.53. The van der Waals surface area contributed by atoms with Crippen molar-refractivity contribution >= 4 is 29.1 Å². The highest BCUT2D eigenvalue weighted by Crippen LogP contribution is 2.26. The first-order valence-corrected chi connectivity index (χ1v) is 11.8. The molecule has 0 aliphatic carbocycles. The van der Waals surface area contributed by atoms with Crippen LogP contribution in [0.1, 0.15) is 17.3 Å². The van der Waals surface area contributed by atoms with Crippen LogP contribution in [0.4, 0.5) is 23.3 Å². The van der Waals surface area contributed by atoms with Crippen molar-refractivity contribution < 1.29 is 14.3 Å². The summed E-state index contributed by atoms with van der Waals surface area (Å²) >= 11 is 0. The van der Waals surface area contributed by atoms with E-state index in [1.807, 2.05) is 24.3 Å². The molecule has 0 atom stereocenters. The largest absolute Gasteiger partial charge is 0.378 e. The summed E-state index contributed by atoms with van der Waals surface area (Å²) in [7, 11) is 0. The minimum atomic E-state index is 0.0970. The number of carbonyl (C=O) groups is 1. The monoisotopic (exact) mass is 452 g/mol. The fraction of sp³-hybridized carbons (Fsp3) is 0.542. The second kappa shape index (κ2) is 9.93. The van der Waals surface area contributed by atoms with Crippen LogP contribution in [-0.4, -0.2) is 94.5 Å². The summed E-state index contributed by atoms with van der Waals surface area (Å²) in [5, 5.41) is 0. The molecule has 3 aliphatic heterocycles. The lowest BCUT2D eigenvalue weighted by atomic mass is 10.1. The van der Waals surface area contributed by atoms with Crippen molar-refractivity contribution in [2.75, 3.05) is 98.4 Å². The van der Waals surface area contributed by atoms with Crippen LogP contribution in [0.3, 0.4) is 0 Å². The first kappa shape index (κ1) is 21.9. The summed E-state index contributed by atoms with van der Waals surface area (Å²) in [5.74, 6) is 2.85. The van der Waals surface area contributed by atoms with Crippen molar-refractivity contribution in [3.05, 3.63) is 35.9 Å². The third kappa shape index (κ3) is 5.04. The van der Waals surface area contributed by atoms with E-state index in [-0.39, 0.29) is 5.78 Å². The Morgan fingerprint density at radius 2 is 1.18 bits per heavy atom. The number of anilines is 4. The number of nitrogens with zero attached hydrogens (tertiary/aromatic N) is 6. The lowest BCUT2D eigenvalue weighted by Gasteiger charge is -2.37. The molecule has 0 amide bonds. The van der Waals surface area contributed by atoms with Crippen LogP contribution in [-0.2, 0) is 9.47 Å². The van der Waals surface area contributed by atoms with Gasteiger partial charge in [-0.15, -0.1) is 0 Å². The molecule has 33 heavy (non-hydrogen) atoms. The van der Waals surface area contributed by atoms with Crippen LogP contribution in [0.5, 0.6) is 0 Å². The Labute approximate surface area is 194 Å². The number of benzene rings is 1. The molecule has 0 saturated carbocycles. The van der Waals surface area contributed by atoms with Crippen LogP contribution in [0.2, 0.25) is 0 Å². The number of piperazine rings is 1. The predicted molar refractivity (Wildman–Crippen MR) is 129 cm³/mol. The van der Waals surface area contributed by atoms with E-state index in [4.69, 9.17) is 19.4 Å². The number of hydrogen-bond acceptors (Lipinski definition) is 9. The van der Waals surface area contributed by atoms with Gasteiger partial charge in [-0.1, -0.05) is 0 Å². The second-order valence-corrected chi connectivity index (χ2v) is 8.66. The van der Waals surface area contributed by atoms with Gasteiger partial charge in [-0.25, -0.2) is 0 Å². The zero-order valence-corrected chi connectivity index (χ0v) is 19.3. The van der Waals surface area contributed by atoms with E-state index in [9.17, 15) is 4.79 Å². The SMILES string of the molecule is CC(=O)c1ccc(N2CCN(c3nc(N4CCOCC4)cc(N4CCOCC4)n3)CC2)cc1. The second-order valence-electron chi connectivity index (χ2n) is 8.66. The molecule has 0 unspecified atom stereocenters. The lowest BCUT2D eigenvalue weighted by Crippen LogP contribution is -2.47. The van der Waals surface area contributed by atoms with Gasteiger partial charge in [0.05, 0.1) is 26.4 Å². The van der Waals surface area contributed by atoms with E-state index in [2.05, 4.69) is 25.7 Å². The van der Waals surface area contributed by atoms with Crippen LogP contribution < -0.4 is 19.6 Å². The number of morpholine rings is 2. The zero-order valence-electron chi connectivity index (χ0n) is 19.3. The molecule has 0 radical (unpaired) electrons. The van der Waals surface area contributed by atoms with Crippen LogP contribution in [0.25, 0.3) is 0 Å². The topological polar surface area (TPSA) is 74.3 Å². The highest BCUT2D eigenvalue weighted by Gasteiger charge is 2.24. The molecule has 0 N–H and O–H groups in total. The van der Waals surface area contributed by atoms with E-state index in [1.54, 1.807) is 6.92 Å². The quantitative estimate of drug-likeness (QED) is 0.630. The first-order valence-electron chi connectivity index (χ1n) is 11.8. The molecule has 9 heteroatoms. The highest BCUT2D eigenvalue weighted by atomic mass is 16.5. The minimum Gasteiger partial charge on any atom is -0.378 e. The summed E-state index contributed by atoms with van der Waals surface area (Å²) in [4.78, 5) is 30.7. The fourth-order valence-corrected chi connectivity index (χ4v) is 4.53. The maximum absolute atomic E-state index is 11.6. The van der Waals surface area contributed by atoms with E-state index in [1.165, 1.54) is 0 Å². The Morgan fingerprint density at radius 3 is 1.67 bits per heavy atom.